The lowest BCUT2D eigenvalue weighted by Crippen LogP contribution is -2.26. The van der Waals surface area contributed by atoms with Crippen molar-refractivity contribution in [2.75, 3.05) is 19.7 Å². The molecule has 3 heteroatoms. The van der Waals surface area contributed by atoms with Crippen molar-refractivity contribution in [2.45, 2.75) is 51.6 Å². The van der Waals surface area contributed by atoms with Crippen molar-refractivity contribution >= 4 is 11.6 Å². The summed E-state index contributed by atoms with van der Waals surface area (Å²) < 4.78 is 5.76. The lowest BCUT2D eigenvalue weighted by Gasteiger charge is -2.19. The van der Waals surface area contributed by atoms with Crippen LogP contribution in [0.1, 0.15) is 44.6 Å². The second kappa shape index (κ2) is 9.45. The summed E-state index contributed by atoms with van der Waals surface area (Å²) in [5, 5.41) is 4.39. The van der Waals surface area contributed by atoms with Gasteiger partial charge in [-0.1, -0.05) is 30.7 Å². The standard InChI is InChI=1S/C18H28ClNO/c1-2-11-20-14-16(7-10-18-4-3-12-21-18)13-15-5-8-17(19)9-6-15/h5-6,8-9,16,18,20H,2-4,7,10-14H2,1H3. The van der Waals surface area contributed by atoms with Gasteiger partial charge in [0.15, 0.2) is 0 Å². The van der Waals surface area contributed by atoms with Gasteiger partial charge in [-0.15, -0.1) is 0 Å². The van der Waals surface area contributed by atoms with E-state index in [1.54, 1.807) is 0 Å². The van der Waals surface area contributed by atoms with Crippen molar-refractivity contribution in [1.82, 2.24) is 5.32 Å². The molecule has 1 fully saturated rings. The highest BCUT2D eigenvalue weighted by Gasteiger charge is 2.18. The lowest BCUT2D eigenvalue weighted by atomic mass is 9.93. The third-order valence-electron chi connectivity index (χ3n) is 4.22. The number of hydrogen-bond acceptors (Lipinski definition) is 2. The Morgan fingerprint density at radius 2 is 2.14 bits per heavy atom. The van der Waals surface area contributed by atoms with Crippen molar-refractivity contribution in [3.63, 3.8) is 0 Å². The molecule has 1 aromatic rings. The molecule has 0 saturated carbocycles. The van der Waals surface area contributed by atoms with E-state index in [1.807, 2.05) is 12.1 Å². The summed E-state index contributed by atoms with van der Waals surface area (Å²) in [5.41, 5.74) is 1.38. The van der Waals surface area contributed by atoms with Crippen LogP contribution in [0, 0.1) is 5.92 Å². The molecule has 21 heavy (non-hydrogen) atoms. The van der Waals surface area contributed by atoms with E-state index >= 15 is 0 Å². The van der Waals surface area contributed by atoms with Crippen LogP contribution in [0.2, 0.25) is 5.02 Å². The predicted octanol–water partition coefficient (Wildman–Crippen LogP) is 4.46. The van der Waals surface area contributed by atoms with E-state index in [0.29, 0.717) is 12.0 Å². The summed E-state index contributed by atoms with van der Waals surface area (Å²) in [4.78, 5) is 0. The fourth-order valence-electron chi connectivity index (χ4n) is 3.01. The molecular weight excluding hydrogens is 282 g/mol. The van der Waals surface area contributed by atoms with Crippen LogP contribution in [0.25, 0.3) is 0 Å². The van der Waals surface area contributed by atoms with Gasteiger partial charge in [-0.3, -0.25) is 0 Å². The van der Waals surface area contributed by atoms with E-state index in [4.69, 9.17) is 16.3 Å². The Morgan fingerprint density at radius 3 is 2.81 bits per heavy atom. The van der Waals surface area contributed by atoms with Gasteiger partial charge in [0.2, 0.25) is 0 Å². The Labute approximate surface area is 134 Å². The average Bonchev–Trinajstić information content (AvgIpc) is 3.00. The molecule has 2 nitrogen and oxygen atoms in total. The van der Waals surface area contributed by atoms with Crippen LogP contribution in [0.5, 0.6) is 0 Å². The molecule has 1 aliphatic rings. The van der Waals surface area contributed by atoms with Gasteiger partial charge >= 0.3 is 0 Å². The zero-order chi connectivity index (χ0) is 14.9. The second-order valence-electron chi connectivity index (χ2n) is 6.11. The Bertz CT molecular complexity index is 387. The number of ether oxygens (including phenoxy) is 1. The average molecular weight is 310 g/mol. The summed E-state index contributed by atoms with van der Waals surface area (Å²) >= 11 is 5.97. The van der Waals surface area contributed by atoms with Crippen molar-refractivity contribution in [3.8, 4) is 0 Å². The third kappa shape index (κ3) is 6.37. The molecule has 0 aromatic heterocycles. The topological polar surface area (TPSA) is 21.3 Å². The van der Waals surface area contributed by atoms with Crippen LogP contribution in [0.15, 0.2) is 24.3 Å². The first kappa shape index (κ1) is 16.8. The molecule has 2 rings (SSSR count). The zero-order valence-corrected chi connectivity index (χ0v) is 13.9. The fraction of sp³-hybridized carbons (Fsp3) is 0.667. The summed E-state index contributed by atoms with van der Waals surface area (Å²) in [7, 11) is 0. The zero-order valence-electron chi connectivity index (χ0n) is 13.1. The largest absolute Gasteiger partial charge is 0.378 e. The van der Waals surface area contributed by atoms with Gasteiger partial charge < -0.3 is 10.1 Å². The van der Waals surface area contributed by atoms with Crippen molar-refractivity contribution < 1.29 is 4.74 Å². The molecule has 1 aromatic carbocycles. The molecule has 1 aliphatic heterocycles. The van der Waals surface area contributed by atoms with E-state index in [0.717, 1.165) is 31.1 Å². The van der Waals surface area contributed by atoms with Gasteiger partial charge in [-0.05, 0) is 75.2 Å². The molecule has 0 radical (unpaired) electrons. The van der Waals surface area contributed by atoms with Crippen LogP contribution in [-0.2, 0) is 11.2 Å². The predicted molar refractivity (Wildman–Crippen MR) is 90.0 cm³/mol. The fourth-order valence-corrected chi connectivity index (χ4v) is 3.13. The summed E-state index contributed by atoms with van der Waals surface area (Å²) in [5.74, 6) is 0.682. The summed E-state index contributed by atoms with van der Waals surface area (Å²) in [6.07, 6.45) is 7.75. The first-order valence-corrected chi connectivity index (χ1v) is 8.72. The smallest absolute Gasteiger partial charge is 0.0576 e. The SMILES string of the molecule is CCCNCC(CCC1CCCO1)Cc1ccc(Cl)cc1. The molecule has 0 aliphatic carbocycles. The maximum Gasteiger partial charge on any atom is 0.0576 e. The molecule has 0 bridgehead atoms. The van der Waals surface area contributed by atoms with Gasteiger partial charge in [-0.25, -0.2) is 0 Å². The molecule has 1 N–H and O–H groups in total. The number of benzene rings is 1. The van der Waals surface area contributed by atoms with Crippen LogP contribution in [0.3, 0.4) is 0 Å². The Morgan fingerprint density at radius 1 is 1.33 bits per heavy atom. The number of rotatable bonds is 9. The number of hydrogen-bond donors (Lipinski definition) is 1. The Balaban J connectivity index is 1.82. The van der Waals surface area contributed by atoms with Crippen LogP contribution in [0.4, 0.5) is 0 Å². The first-order chi connectivity index (χ1) is 10.3. The molecule has 1 heterocycles. The normalized spacial score (nSPS) is 19.8. The minimum absolute atomic E-state index is 0.504. The molecule has 2 unspecified atom stereocenters. The Kier molecular flexibility index (Phi) is 7.56. The summed E-state index contributed by atoms with van der Waals surface area (Å²) in [6, 6.07) is 8.30. The minimum atomic E-state index is 0.504. The van der Waals surface area contributed by atoms with E-state index in [-0.39, 0.29) is 0 Å². The molecule has 118 valence electrons. The molecule has 0 amide bonds. The van der Waals surface area contributed by atoms with E-state index in [2.05, 4.69) is 24.4 Å². The van der Waals surface area contributed by atoms with Crippen molar-refractivity contribution in [3.05, 3.63) is 34.9 Å². The van der Waals surface area contributed by atoms with Gasteiger partial charge in [0.1, 0.15) is 0 Å². The molecule has 0 spiro atoms. The van der Waals surface area contributed by atoms with Gasteiger partial charge in [-0.2, -0.15) is 0 Å². The Hall–Kier alpha value is -0.570. The lowest BCUT2D eigenvalue weighted by molar-refractivity contribution is 0.0979. The highest BCUT2D eigenvalue weighted by atomic mass is 35.5. The van der Waals surface area contributed by atoms with Gasteiger partial charge in [0, 0.05) is 11.6 Å². The molecule has 2 atom stereocenters. The number of halogens is 1. The highest BCUT2D eigenvalue weighted by molar-refractivity contribution is 6.30. The van der Waals surface area contributed by atoms with Crippen LogP contribution in [-0.4, -0.2) is 25.8 Å². The maximum atomic E-state index is 5.97. The number of nitrogens with one attached hydrogen (secondary N) is 1. The molecule has 1 saturated heterocycles. The van der Waals surface area contributed by atoms with Crippen LogP contribution < -0.4 is 5.32 Å². The van der Waals surface area contributed by atoms with Crippen molar-refractivity contribution in [2.24, 2.45) is 5.92 Å². The first-order valence-electron chi connectivity index (χ1n) is 8.34. The van der Waals surface area contributed by atoms with Gasteiger partial charge in [0.05, 0.1) is 6.10 Å². The van der Waals surface area contributed by atoms with E-state index in [9.17, 15) is 0 Å². The maximum absolute atomic E-state index is 5.97. The minimum Gasteiger partial charge on any atom is -0.378 e. The third-order valence-corrected chi connectivity index (χ3v) is 4.47. The summed E-state index contributed by atoms with van der Waals surface area (Å²) in [6.45, 7) is 5.38. The van der Waals surface area contributed by atoms with Crippen molar-refractivity contribution in [1.29, 1.82) is 0 Å². The monoisotopic (exact) mass is 309 g/mol. The molecular formula is C18H28ClNO. The van der Waals surface area contributed by atoms with Gasteiger partial charge in [0.25, 0.3) is 0 Å². The highest BCUT2D eigenvalue weighted by Crippen LogP contribution is 2.22. The quantitative estimate of drug-likeness (QED) is 0.680. The van der Waals surface area contributed by atoms with E-state index < -0.39 is 0 Å². The van der Waals surface area contributed by atoms with Crippen LogP contribution >= 0.6 is 11.6 Å². The second-order valence-corrected chi connectivity index (χ2v) is 6.55. The van der Waals surface area contributed by atoms with E-state index in [1.165, 1.54) is 37.7 Å².